The summed E-state index contributed by atoms with van der Waals surface area (Å²) in [6.45, 7) is 8.58. The summed E-state index contributed by atoms with van der Waals surface area (Å²) in [6.07, 6.45) is -2.46. The normalized spacial score (nSPS) is 63.8. The summed E-state index contributed by atoms with van der Waals surface area (Å²) >= 11 is 0. The van der Waals surface area contributed by atoms with Gasteiger partial charge in [0.25, 0.3) is 0 Å². The molecule has 41 heavy (non-hydrogen) atoms. The number of hydrogen-bond donors (Lipinski definition) is 2. The van der Waals surface area contributed by atoms with Gasteiger partial charge in [-0.15, -0.1) is 0 Å². The van der Waals surface area contributed by atoms with Gasteiger partial charge in [-0.1, -0.05) is 13.8 Å². The maximum atomic E-state index is 15.0. The number of esters is 2. The smallest absolute Gasteiger partial charge is 0.341 e. The highest BCUT2D eigenvalue weighted by atomic mass is 16.8. The number of epoxide rings is 1. The van der Waals surface area contributed by atoms with Crippen LogP contribution in [0.2, 0.25) is 0 Å². The van der Waals surface area contributed by atoms with E-state index in [1.807, 2.05) is 13.8 Å². The lowest BCUT2D eigenvalue weighted by Gasteiger charge is -2.50. The van der Waals surface area contributed by atoms with Crippen LogP contribution in [-0.2, 0) is 47.6 Å². The summed E-state index contributed by atoms with van der Waals surface area (Å²) < 4.78 is 37.8. The lowest BCUT2D eigenvalue weighted by molar-refractivity contribution is -0.339. The molecule has 2 aliphatic carbocycles. The van der Waals surface area contributed by atoms with Gasteiger partial charge in [0.2, 0.25) is 23.0 Å². The van der Waals surface area contributed by atoms with Crippen molar-refractivity contribution in [2.24, 2.45) is 29.1 Å². The van der Waals surface area contributed by atoms with Crippen LogP contribution in [0.4, 0.5) is 0 Å². The largest absolute Gasteiger partial charge is 0.457 e. The van der Waals surface area contributed by atoms with Crippen molar-refractivity contribution in [2.45, 2.75) is 125 Å². The van der Waals surface area contributed by atoms with Crippen molar-refractivity contribution in [3.8, 4) is 0 Å². The van der Waals surface area contributed by atoms with Gasteiger partial charge in [-0.05, 0) is 33.6 Å². The van der Waals surface area contributed by atoms with E-state index in [0.717, 1.165) is 0 Å². The molecule has 222 valence electrons. The highest BCUT2D eigenvalue weighted by Crippen LogP contribution is 2.78. The second-order valence-corrected chi connectivity index (χ2v) is 15.1. The van der Waals surface area contributed by atoms with Gasteiger partial charge in [-0.3, -0.25) is 14.4 Å². The van der Waals surface area contributed by atoms with Crippen molar-refractivity contribution in [3.05, 3.63) is 0 Å². The minimum atomic E-state index is -2.11. The van der Waals surface area contributed by atoms with Crippen LogP contribution in [0.15, 0.2) is 0 Å². The number of hydrogen-bond acceptors (Lipinski definition) is 12. The van der Waals surface area contributed by atoms with Crippen LogP contribution in [-0.4, -0.2) is 91.6 Å². The van der Waals surface area contributed by atoms with E-state index in [-0.39, 0.29) is 37.9 Å². The Morgan fingerprint density at radius 2 is 1.68 bits per heavy atom. The first-order chi connectivity index (χ1) is 18.9. The van der Waals surface area contributed by atoms with Gasteiger partial charge in [0.1, 0.15) is 35.3 Å². The summed E-state index contributed by atoms with van der Waals surface area (Å²) in [4.78, 5) is 54.7. The standard InChI is InChI=1S/C29H34O12/c1-11-15-16-19(24(5,34)21(33)36-16)39-28-17(15)23(4,18(11)31)6-7-25(40-28)10-26-12(9-27(35)29(25,41-27)20(28)32)22(2,3)37-13(26)8-14(30)38-26/h11-13,15-17,19,34-35H,6-10H2,1-5H3/t11-,12+,13-,15-,16-,17+,19+,23+,24-,25+,26-,27+,28+,29+/m0/s1. The summed E-state index contributed by atoms with van der Waals surface area (Å²) in [5.74, 6) is -8.81. The van der Waals surface area contributed by atoms with Crippen molar-refractivity contribution in [1.29, 1.82) is 0 Å². The fraction of sp³-hybridized carbons (Fsp3) is 0.862. The summed E-state index contributed by atoms with van der Waals surface area (Å²) in [6, 6.07) is 0. The first kappa shape index (κ1) is 25.5. The molecule has 2 bridgehead atoms. The molecule has 7 saturated heterocycles. The minimum Gasteiger partial charge on any atom is -0.457 e. The molecule has 12 heteroatoms. The Morgan fingerprint density at radius 3 is 2.41 bits per heavy atom. The van der Waals surface area contributed by atoms with E-state index >= 15 is 4.79 Å². The Kier molecular flexibility index (Phi) is 4.01. The average molecular weight is 575 g/mol. The number of Topliss-reactive ketones (excluding diaryl/α,β-unsaturated/α-hetero) is 2. The van der Waals surface area contributed by atoms with E-state index in [2.05, 4.69) is 0 Å². The van der Waals surface area contributed by atoms with Crippen LogP contribution < -0.4 is 0 Å². The number of fused-ring (bicyclic) bond motifs is 2. The van der Waals surface area contributed by atoms with E-state index in [1.165, 1.54) is 6.92 Å². The third-order valence-electron chi connectivity index (χ3n) is 12.8. The van der Waals surface area contributed by atoms with Crippen LogP contribution in [0.25, 0.3) is 0 Å². The molecule has 4 spiro atoms. The van der Waals surface area contributed by atoms with Crippen molar-refractivity contribution in [2.75, 3.05) is 0 Å². The Hall–Kier alpha value is -1.96. The van der Waals surface area contributed by atoms with Crippen LogP contribution in [0.5, 0.6) is 0 Å². The summed E-state index contributed by atoms with van der Waals surface area (Å²) in [5, 5.41) is 23.3. The van der Waals surface area contributed by atoms with Gasteiger partial charge in [-0.25, -0.2) is 4.79 Å². The number of carbonyl (C=O) groups excluding carboxylic acids is 4. The molecule has 12 nitrogen and oxygen atoms in total. The van der Waals surface area contributed by atoms with Crippen molar-refractivity contribution in [1.82, 2.24) is 0 Å². The Bertz CT molecular complexity index is 1410. The molecule has 0 aromatic heterocycles. The fourth-order valence-corrected chi connectivity index (χ4v) is 11.2. The Balaban J connectivity index is 1.27. The van der Waals surface area contributed by atoms with Crippen LogP contribution in [0.1, 0.15) is 66.7 Å². The van der Waals surface area contributed by atoms with Crippen molar-refractivity contribution in [3.63, 3.8) is 0 Å². The molecule has 0 amide bonds. The maximum absolute atomic E-state index is 15.0. The molecular formula is C29H34O12. The molecule has 9 aliphatic rings. The zero-order valence-electron chi connectivity index (χ0n) is 23.6. The van der Waals surface area contributed by atoms with Crippen LogP contribution >= 0.6 is 0 Å². The molecule has 0 radical (unpaired) electrons. The average Bonchev–Trinajstić information content (AvgIpc) is 3.08. The third-order valence-corrected chi connectivity index (χ3v) is 12.8. The van der Waals surface area contributed by atoms with Gasteiger partial charge in [0, 0.05) is 41.9 Å². The minimum absolute atomic E-state index is 0.000786. The molecule has 7 aliphatic heterocycles. The maximum Gasteiger partial charge on any atom is 0.341 e. The zero-order valence-corrected chi connectivity index (χ0v) is 23.6. The van der Waals surface area contributed by atoms with E-state index < -0.39 is 105 Å². The third kappa shape index (κ3) is 2.29. The van der Waals surface area contributed by atoms with Gasteiger partial charge >= 0.3 is 11.9 Å². The van der Waals surface area contributed by atoms with E-state index in [9.17, 15) is 24.6 Å². The van der Waals surface area contributed by atoms with E-state index in [0.29, 0.717) is 0 Å². The van der Waals surface area contributed by atoms with Gasteiger partial charge in [0.15, 0.2) is 5.60 Å². The topological polar surface area (TPSA) is 167 Å². The SMILES string of the molecule is C[C@@H]1C(=O)[C@]2(C)CC[C@@]34C[C@@]56OC(=O)C[C@@H]5OC(C)(C)[C@H]6C[C@@]5(O)O[C@]35C(=O)[C@]3(O[C@@H]5[C@@H](OC(=O)[C@@]5(C)O)[C@H]1[C@@H]32)O4. The Labute approximate surface area is 235 Å². The van der Waals surface area contributed by atoms with E-state index in [1.54, 1.807) is 13.8 Å². The fourth-order valence-electron chi connectivity index (χ4n) is 11.2. The Morgan fingerprint density at radius 1 is 0.951 bits per heavy atom. The van der Waals surface area contributed by atoms with Gasteiger partial charge in [-0.2, -0.15) is 0 Å². The highest BCUT2D eigenvalue weighted by molar-refractivity contribution is 6.04. The van der Waals surface area contributed by atoms with Gasteiger partial charge < -0.3 is 38.6 Å². The molecular weight excluding hydrogens is 540 g/mol. The number of aliphatic hydroxyl groups is 2. The van der Waals surface area contributed by atoms with Gasteiger partial charge in [0.05, 0.1) is 12.0 Å². The quantitative estimate of drug-likeness (QED) is 0.296. The molecule has 7 heterocycles. The first-order valence-corrected chi connectivity index (χ1v) is 14.7. The zero-order chi connectivity index (χ0) is 29.1. The molecule has 0 aromatic rings. The number of ketones is 2. The van der Waals surface area contributed by atoms with Crippen molar-refractivity contribution < 1.29 is 57.8 Å². The second-order valence-electron chi connectivity index (χ2n) is 15.1. The summed E-state index contributed by atoms with van der Waals surface area (Å²) in [5.41, 5.74) is -8.58. The van der Waals surface area contributed by atoms with Crippen molar-refractivity contribution >= 4 is 23.5 Å². The molecule has 2 saturated carbocycles. The van der Waals surface area contributed by atoms with Crippen LogP contribution in [0, 0.1) is 29.1 Å². The number of ether oxygens (including phenoxy) is 6. The second kappa shape index (κ2) is 6.44. The molecule has 0 aromatic carbocycles. The molecule has 9 fully saturated rings. The predicted molar refractivity (Wildman–Crippen MR) is 129 cm³/mol. The predicted octanol–water partition coefficient (Wildman–Crippen LogP) is 0.0780. The molecule has 2 N–H and O–H groups in total. The first-order valence-electron chi connectivity index (χ1n) is 14.7. The number of rotatable bonds is 0. The van der Waals surface area contributed by atoms with Crippen LogP contribution in [0.3, 0.4) is 0 Å². The molecule has 14 atom stereocenters. The lowest BCUT2D eigenvalue weighted by atomic mass is 9.60. The molecule has 0 unspecified atom stereocenters. The molecule has 9 rings (SSSR count). The van der Waals surface area contributed by atoms with E-state index in [4.69, 9.17) is 28.4 Å². The lowest BCUT2D eigenvalue weighted by Crippen LogP contribution is -2.66. The summed E-state index contributed by atoms with van der Waals surface area (Å²) in [7, 11) is 0. The number of carbonyl (C=O) groups is 4. The highest BCUT2D eigenvalue weighted by Gasteiger charge is 2.97. The monoisotopic (exact) mass is 574 g/mol.